The molecule has 1 aromatic heterocycles. The molecule has 0 bridgehead atoms. The molecular formula is C14H17N3O3. The van der Waals surface area contributed by atoms with E-state index in [-0.39, 0.29) is 11.2 Å². The maximum absolute atomic E-state index is 10.8. The number of nitrogens with zero attached hydrogens (tertiary/aromatic N) is 2. The Morgan fingerprint density at radius 3 is 2.80 bits per heavy atom. The van der Waals surface area contributed by atoms with E-state index >= 15 is 0 Å². The molecule has 0 aliphatic heterocycles. The van der Waals surface area contributed by atoms with Crippen molar-refractivity contribution in [2.45, 2.75) is 32.9 Å². The lowest BCUT2D eigenvalue weighted by molar-refractivity contribution is -0.384. The van der Waals surface area contributed by atoms with Crippen molar-refractivity contribution in [2.75, 3.05) is 0 Å². The summed E-state index contributed by atoms with van der Waals surface area (Å²) < 4.78 is 5.24. The molecule has 0 atom stereocenters. The van der Waals surface area contributed by atoms with Crippen LogP contribution in [0, 0.1) is 10.1 Å². The van der Waals surface area contributed by atoms with Crippen LogP contribution in [0.4, 0.5) is 5.69 Å². The van der Waals surface area contributed by atoms with Crippen LogP contribution in [-0.4, -0.2) is 15.6 Å². The second-order valence-corrected chi connectivity index (χ2v) is 5.59. The fourth-order valence-corrected chi connectivity index (χ4v) is 1.75. The van der Waals surface area contributed by atoms with Gasteiger partial charge >= 0.3 is 0 Å². The van der Waals surface area contributed by atoms with E-state index in [9.17, 15) is 10.1 Å². The monoisotopic (exact) mass is 275 g/mol. The number of non-ortho nitro benzene ring substituents is 1. The summed E-state index contributed by atoms with van der Waals surface area (Å²) in [5.41, 5.74) is 1.54. The normalized spacial score (nSPS) is 11.6. The predicted molar refractivity (Wildman–Crippen MR) is 75.2 cm³/mol. The molecule has 0 aliphatic carbocycles. The Hall–Kier alpha value is -2.21. The maximum Gasteiger partial charge on any atom is 0.270 e. The number of hydrogen-bond donors (Lipinski definition) is 1. The van der Waals surface area contributed by atoms with Crippen molar-refractivity contribution in [1.82, 2.24) is 10.5 Å². The molecule has 0 fully saturated rings. The van der Waals surface area contributed by atoms with Crippen molar-refractivity contribution in [3.63, 3.8) is 0 Å². The SMILES string of the molecule is CC(C)(C)NCc1cnoc1-c1cccc([N+](=O)[O-])c1. The van der Waals surface area contributed by atoms with Gasteiger partial charge in [0.15, 0.2) is 5.76 Å². The van der Waals surface area contributed by atoms with Crippen molar-refractivity contribution in [2.24, 2.45) is 0 Å². The zero-order valence-electron chi connectivity index (χ0n) is 11.7. The van der Waals surface area contributed by atoms with E-state index in [2.05, 4.69) is 31.2 Å². The molecule has 0 amide bonds. The maximum atomic E-state index is 10.8. The first-order valence-corrected chi connectivity index (χ1v) is 6.30. The zero-order valence-corrected chi connectivity index (χ0v) is 11.7. The first-order chi connectivity index (χ1) is 9.37. The fraction of sp³-hybridized carbons (Fsp3) is 0.357. The van der Waals surface area contributed by atoms with Gasteiger partial charge in [0.2, 0.25) is 0 Å². The third kappa shape index (κ3) is 3.42. The molecule has 0 saturated carbocycles. The standard InChI is InChI=1S/C14H17N3O3/c1-14(2,3)15-8-11-9-16-20-13(11)10-5-4-6-12(7-10)17(18)19/h4-7,9,15H,8H2,1-3H3. The topological polar surface area (TPSA) is 81.2 Å². The van der Waals surface area contributed by atoms with Gasteiger partial charge in [0, 0.05) is 35.3 Å². The van der Waals surface area contributed by atoms with Crippen LogP contribution >= 0.6 is 0 Å². The van der Waals surface area contributed by atoms with Crippen LogP contribution in [-0.2, 0) is 6.54 Å². The van der Waals surface area contributed by atoms with Crippen molar-refractivity contribution >= 4 is 5.69 Å². The van der Waals surface area contributed by atoms with Gasteiger partial charge in [-0.25, -0.2) is 0 Å². The van der Waals surface area contributed by atoms with Gasteiger partial charge in [0.1, 0.15) is 0 Å². The van der Waals surface area contributed by atoms with Crippen molar-refractivity contribution < 1.29 is 9.45 Å². The van der Waals surface area contributed by atoms with Crippen LogP contribution in [0.5, 0.6) is 0 Å². The summed E-state index contributed by atoms with van der Waals surface area (Å²) in [6.07, 6.45) is 1.63. The predicted octanol–water partition coefficient (Wildman–Crippen LogP) is 3.14. The lowest BCUT2D eigenvalue weighted by Crippen LogP contribution is -2.35. The number of nitrogens with one attached hydrogen (secondary N) is 1. The van der Waals surface area contributed by atoms with E-state index in [0.29, 0.717) is 17.9 Å². The van der Waals surface area contributed by atoms with Gasteiger partial charge in [-0.2, -0.15) is 0 Å². The van der Waals surface area contributed by atoms with E-state index in [1.807, 2.05) is 0 Å². The first kappa shape index (κ1) is 14.2. The molecule has 0 saturated heterocycles. The van der Waals surface area contributed by atoms with Crippen molar-refractivity contribution in [3.8, 4) is 11.3 Å². The molecule has 0 aliphatic rings. The Morgan fingerprint density at radius 1 is 1.40 bits per heavy atom. The minimum Gasteiger partial charge on any atom is -0.356 e. The highest BCUT2D eigenvalue weighted by molar-refractivity contribution is 5.63. The molecular weight excluding hydrogens is 258 g/mol. The average Bonchev–Trinajstić information content (AvgIpc) is 2.84. The molecule has 2 aromatic rings. The molecule has 0 unspecified atom stereocenters. The Labute approximate surface area is 116 Å². The Kier molecular flexibility index (Phi) is 3.85. The van der Waals surface area contributed by atoms with Gasteiger partial charge in [-0.1, -0.05) is 17.3 Å². The Balaban J connectivity index is 2.28. The van der Waals surface area contributed by atoms with Crippen LogP contribution in [0.15, 0.2) is 35.0 Å². The highest BCUT2D eigenvalue weighted by Crippen LogP contribution is 2.27. The van der Waals surface area contributed by atoms with E-state index in [1.54, 1.807) is 18.3 Å². The molecule has 2 rings (SSSR count). The van der Waals surface area contributed by atoms with Gasteiger partial charge in [-0.05, 0) is 20.8 Å². The summed E-state index contributed by atoms with van der Waals surface area (Å²) in [5, 5.41) is 17.9. The molecule has 20 heavy (non-hydrogen) atoms. The number of nitro groups is 1. The molecule has 106 valence electrons. The molecule has 6 heteroatoms. The van der Waals surface area contributed by atoms with Gasteiger partial charge in [0.25, 0.3) is 5.69 Å². The third-order valence-electron chi connectivity index (χ3n) is 2.77. The number of aromatic nitrogens is 1. The van der Waals surface area contributed by atoms with Crippen LogP contribution in [0.1, 0.15) is 26.3 Å². The van der Waals surface area contributed by atoms with Crippen LogP contribution in [0.3, 0.4) is 0 Å². The minimum atomic E-state index is -0.424. The number of rotatable bonds is 4. The van der Waals surface area contributed by atoms with E-state index in [4.69, 9.17) is 4.52 Å². The van der Waals surface area contributed by atoms with Gasteiger partial charge in [0.05, 0.1) is 11.1 Å². The third-order valence-corrected chi connectivity index (χ3v) is 2.77. The van der Waals surface area contributed by atoms with Gasteiger partial charge in [-0.15, -0.1) is 0 Å². The number of nitro benzene ring substituents is 1. The van der Waals surface area contributed by atoms with Gasteiger partial charge < -0.3 is 9.84 Å². The van der Waals surface area contributed by atoms with Crippen LogP contribution in [0.25, 0.3) is 11.3 Å². The molecule has 0 spiro atoms. The van der Waals surface area contributed by atoms with Gasteiger partial charge in [-0.3, -0.25) is 10.1 Å². The summed E-state index contributed by atoms with van der Waals surface area (Å²) >= 11 is 0. The highest BCUT2D eigenvalue weighted by Gasteiger charge is 2.16. The molecule has 1 heterocycles. The average molecular weight is 275 g/mol. The van der Waals surface area contributed by atoms with Crippen molar-refractivity contribution in [3.05, 3.63) is 46.1 Å². The van der Waals surface area contributed by atoms with Crippen LogP contribution < -0.4 is 5.32 Å². The Morgan fingerprint density at radius 2 is 2.15 bits per heavy atom. The van der Waals surface area contributed by atoms with E-state index in [1.165, 1.54) is 12.1 Å². The minimum absolute atomic E-state index is 0.0305. The lowest BCUT2D eigenvalue weighted by atomic mass is 10.1. The first-order valence-electron chi connectivity index (χ1n) is 6.30. The zero-order chi connectivity index (χ0) is 14.8. The lowest BCUT2D eigenvalue weighted by Gasteiger charge is -2.20. The van der Waals surface area contributed by atoms with Crippen LogP contribution in [0.2, 0.25) is 0 Å². The summed E-state index contributed by atoms with van der Waals surface area (Å²) in [7, 11) is 0. The fourth-order valence-electron chi connectivity index (χ4n) is 1.75. The molecule has 1 aromatic carbocycles. The number of benzene rings is 1. The molecule has 1 N–H and O–H groups in total. The second kappa shape index (κ2) is 5.42. The van der Waals surface area contributed by atoms with Crippen molar-refractivity contribution in [1.29, 1.82) is 0 Å². The van der Waals surface area contributed by atoms with E-state index in [0.717, 1.165) is 5.56 Å². The summed E-state index contributed by atoms with van der Waals surface area (Å²) in [6.45, 7) is 6.78. The summed E-state index contributed by atoms with van der Waals surface area (Å²) in [6, 6.07) is 6.35. The quantitative estimate of drug-likeness (QED) is 0.684. The second-order valence-electron chi connectivity index (χ2n) is 5.59. The largest absolute Gasteiger partial charge is 0.356 e. The highest BCUT2D eigenvalue weighted by atomic mass is 16.6. The number of hydrogen-bond acceptors (Lipinski definition) is 5. The Bertz CT molecular complexity index is 614. The smallest absolute Gasteiger partial charge is 0.270 e. The molecule has 6 nitrogen and oxygen atoms in total. The summed E-state index contributed by atoms with van der Waals surface area (Å²) in [4.78, 5) is 10.4. The van der Waals surface area contributed by atoms with E-state index < -0.39 is 4.92 Å². The summed E-state index contributed by atoms with van der Waals surface area (Å²) in [5.74, 6) is 0.561. The molecule has 0 radical (unpaired) electrons.